The number of aromatic nitrogens is 1. The zero-order valence-corrected chi connectivity index (χ0v) is 11.8. The molecule has 0 saturated carbocycles. The quantitative estimate of drug-likeness (QED) is 0.815. The molecular weight excluding hydrogens is 266 g/mol. The van der Waals surface area contributed by atoms with Gasteiger partial charge >= 0.3 is 0 Å². The van der Waals surface area contributed by atoms with E-state index in [2.05, 4.69) is 58.1 Å². The lowest BCUT2D eigenvalue weighted by Gasteiger charge is -2.19. The minimum Gasteiger partial charge on any atom is -0.360 e. The molecule has 1 N–H and O–H groups in total. The van der Waals surface area contributed by atoms with Gasteiger partial charge in [0.1, 0.15) is 5.82 Å². The third-order valence-corrected chi connectivity index (χ3v) is 2.92. The normalized spacial score (nSPS) is 10.5. The fourth-order valence-corrected chi connectivity index (χ4v) is 1.88. The standard InChI is InChI=1S/C12H20BrN3/c1-4-6-14-8-10-7-11(13)9-15-12(10)16(3)5-2/h7,9,14H,4-6,8H2,1-3H3. The molecule has 0 aromatic carbocycles. The van der Waals surface area contributed by atoms with Gasteiger partial charge in [-0.15, -0.1) is 0 Å². The number of anilines is 1. The van der Waals surface area contributed by atoms with E-state index in [9.17, 15) is 0 Å². The van der Waals surface area contributed by atoms with E-state index in [0.717, 1.165) is 36.3 Å². The minimum atomic E-state index is 0.875. The molecule has 0 radical (unpaired) electrons. The van der Waals surface area contributed by atoms with Crippen LogP contribution in [0.1, 0.15) is 25.8 Å². The zero-order valence-electron chi connectivity index (χ0n) is 10.3. The summed E-state index contributed by atoms with van der Waals surface area (Å²) in [7, 11) is 2.07. The maximum Gasteiger partial charge on any atom is 0.132 e. The second-order valence-corrected chi connectivity index (χ2v) is 4.74. The molecule has 3 nitrogen and oxygen atoms in total. The Balaban J connectivity index is 2.81. The van der Waals surface area contributed by atoms with Crippen LogP contribution in [-0.2, 0) is 6.54 Å². The summed E-state index contributed by atoms with van der Waals surface area (Å²) in [4.78, 5) is 6.63. The monoisotopic (exact) mass is 285 g/mol. The summed E-state index contributed by atoms with van der Waals surface area (Å²) in [6, 6.07) is 2.14. The predicted molar refractivity (Wildman–Crippen MR) is 72.9 cm³/mol. The van der Waals surface area contributed by atoms with E-state index in [-0.39, 0.29) is 0 Å². The Labute approximate surface area is 106 Å². The average Bonchev–Trinajstić information content (AvgIpc) is 2.29. The Morgan fingerprint density at radius 2 is 2.19 bits per heavy atom. The van der Waals surface area contributed by atoms with Gasteiger partial charge in [0, 0.05) is 36.4 Å². The molecule has 0 bridgehead atoms. The molecule has 1 rings (SSSR count). The molecule has 1 aromatic heterocycles. The number of hydrogen-bond donors (Lipinski definition) is 1. The minimum absolute atomic E-state index is 0.875. The summed E-state index contributed by atoms with van der Waals surface area (Å²) < 4.78 is 1.04. The van der Waals surface area contributed by atoms with Crippen LogP contribution in [0, 0.1) is 0 Å². The van der Waals surface area contributed by atoms with Crippen LogP contribution in [0.25, 0.3) is 0 Å². The van der Waals surface area contributed by atoms with Gasteiger partial charge in [-0.05, 0) is 41.9 Å². The van der Waals surface area contributed by atoms with Gasteiger partial charge in [-0.3, -0.25) is 0 Å². The van der Waals surface area contributed by atoms with E-state index in [1.807, 2.05) is 6.20 Å². The van der Waals surface area contributed by atoms with Crippen LogP contribution in [0.15, 0.2) is 16.7 Å². The van der Waals surface area contributed by atoms with Crippen molar-refractivity contribution >= 4 is 21.7 Å². The van der Waals surface area contributed by atoms with Crippen molar-refractivity contribution in [3.8, 4) is 0 Å². The van der Waals surface area contributed by atoms with Crippen LogP contribution in [0.4, 0.5) is 5.82 Å². The van der Waals surface area contributed by atoms with Gasteiger partial charge in [0.25, 0.3) is 0 Å². The summed E-state index contributed by atoms with van der Waals surface area (Å²) >= 11 is 3.47. The summed E-state index contributed by atoms with van der Waals surface area (Å²) in [5.74, 6) is 1.06. The first-order chi connectivity index (χ1) is 7.69. The third kappa shape index (κ3) is 3.76. The van der Waals surface area contributed by atoms with Crippen molar-refractivity contribution in [2.45, 2.75) is 26.8 Å². The molecule has 4 heteroatoms. The Hall–Kier alpha value is -0.610. The topological polar surface area (TPSA) is 28.2 Å². The van der Waals surface area contributed by atoms with Crippen LogP contribution in [-0.4, -0.2) is 25.1 Å². The molecule has 16 heavy (non-hydrogen) atoms. The molecule has 0 spiro atoms. The van der Waals surface area contributed by atoms with Crippen molar-refractivity contribution in [3.63, 3.8) is 0 Å². The van der Waals surface area contributed by atoms with E-state index in [0.29, 0.717) is 0 Å². The van der Waals surface area contributed by atoms with Gasteiger partial charge < -0.3 is 10.2 Å². The first-order valence-corrected chi connectivity index (χ1v) is 6.54. The van der Waals surface area contributed by atoms with Crippen molar-refractivity contribution in [3.05, 3.63) is 22.3 Å². The number of nitrogens with one attached hydrogen (secondary N) is 1. The average molecular weight is 286 g/mol. The summed E-state index contributed by atoms with van der Waals surface area (Å²) in [6.45, 7) is 7.19. The second kappa shape index (κ2) is 6.86. The van der Waals surface area contributed by atoms with Gasteiger partial charge in [0.2, 0.25) is 0 Å². The van der Waals surface area contributed by atoms with Gasteiger partial charge in [-0.2, -0.15) is 0 Å². The molecule has 0 aliphatic carbocycles. The fraction of sp³-hybridized carbons (Fsp3) is 0.583. The zero-order chi connectivity index (χ0) is 12.0. The molecule has 1 heterocycles. The Morgan fingerprint density at radius 1 is 1.44 bits per heavy atom. The van der Waals surface area contributed by atoms with Crippen LogP contribution < -0.4 is 10.2 Å². The predicted octanol–water partition coefficient (Wildman–Crippen LogP) is 2.80. The number of rotatable bonds is 6. The first kappa shape index (κ1) is 13.5. The lowest BCUT2D eigenvalue weighted by molar-refractivity contribution is 0.672. The maximum absolute atomic E-state index is 4.47. The van der Waals surface area contributed by atoms with E-state index >= 15 is 0 Å². The van der Waals surface area contributed by atoms with Gasteiger partial charge in [-0.25, -0.2) is 4.98 Å². The largest absolute Gasteiger partial charge is 0.360 e. The lowest BCUT2D eigenvalue weighted by atomic mass is 10.2. The molecular formula is C12H20BrN3. The third-order valence-electron chi connectivity index (χ3n) is 2.49. The highest BCUT2D eigenvalue weighted by Gasteiger charge is 2.07. The highest BCUT2D eigenvalue weighted by atomic mass is 79.9. The smallest absolute Gasteiger partial charge is 0.132 e. The Bertz CT molecular complexity index is 328. The van der Waals surface area contributed by atoms with E-state index in [1.165, 1.54) is 5.56 Å². The summed E-state index contributed by atoms with van der Waals surface area (Å²) in [5.41, 5.74) is 1.24. The van der Waals surface area contributed by atoms with Gasteiger partial charge in [0.05, 0.1) is 0 Å². The highest BCUT2D eigenvalue weighted by Crippen LogP contribution is 2.20. The molecule has 0 aliphatic heterocycles. The van der Waals surface area contributed by atoms with Crippen LogP contribution >= 0.6 is 15.9 Å². The van der Waals surface area contributed by atoms with Crippen molar-refractivity contribution in [2.24, 2.45) is 0 Å². The molecule has 0 atom stereocenters. The Morgan fingerprint density at radius 3 is 2.81 bits per heavy atom. The van der Waals surface area contributed by atoms with E-state index in [1.54, 1.807) is 0 Å². The van der Waals surface area contributed by atoms with Gasteiger partial charge in [-0.1, -0.05) is 6.92 Å². The van der Waals surface area contributed by atoms with E-state index in [4.69, 9.17) is 0 Å². The number of nitrogens with zero attached hydrogens (tertiary/aromatic N) is 2. The molecule has 90 valence electrons. The van der Waals surface area contributed by atoms with Crippen molar-refractivity contribution < 1.29 is 0 Å². The van der Waals surface area contributed by atoms with Crippen molar-refractivity contribution in [2.75, 3.05) is 25.0 Å². The van der Waals surface area contributed by atoms with E-state index < -0.39 is 0 Å². The van der Waals surface area contributed by atoms with Crippen LogP contribution in [0.3, 0.4) is 0 Å². The molecule has 0 saturated heterocycles. The Kier molecular flexibility index (Phi) is 5.77. The maximum atomic E-state index is 4.47. The summed E-state index contributed by atoms with van der Waals surface area (Å²) in [6.07, 6.45) is 3.01. The van der Waals surface area contributed by atoms with Gasteiger partial charge in [0.15, 0.2) is 0 Å². The molecule has 0 fully saturated rings. The molecule has 0 aliphatic rings. The van der Waals surface area contributed by atoms with Crippen LogP contribution in [0.2, 0.25) is 0 Å². The molecule has 1 aromatic rings. The second-order valence-electron chi connectivity index (χ2n) is 3.83. The van der Waals surface area contributed by atoms with Crippen LogP contribution in [0.5, 0.6) is 0 Å². The highest BCUT2D eigenvalue weighted by molar-refractivity contribution is 9.10. The number of halogens is 1. The molecule has 0 amide bonds. The number of hydrogen-bond acceptors (Lipinski definition) is 3. The first-order valence-electron chi connectivity index (χ1n) is 5.75. The SMILES string of the molecule is CCCNCc1cc(Br)cnc1N(C)CC. The fourth-order valence-electron chi connectivity index (χ4n) is 1.50. The summed E-state index contributed by atoms with van der Waals surface area (Å²) in [5, 5.41) is 3.41. The van der Waals surface area contributed by atoms with Crippen molar-refractivity contribution in [1.29, 1.82) is 0 Å². The molecule has 0 unspecified atom stereocenters. The lowest BCUT2D eigenvalue weighted by Crippen LogP contribution is -2.22. The van der Waals surface area contributed by atoms with Crippen molar-refractivity contribution in [1.82, 2.24) is 10.3 Å². The number of pyridine rings is 1.